The van der Waals surface area contributed by atoms with Gasteiger partial charge in [-0.3, -0.25) is 14.6 Å². The number of benzene rings is 1. The lowest BCUT2D eigenvalue weighted by atomic mass is 9.86. The van der Waals surface area contributed by atoms with Crippen LogP contribution < -0.4 is 11.1 Å². The molecule has 1 aliphatic heterocycles. The summed E-state index contributed by atoms with van der Waals surface area (Å²) >= 11 is 0. The normalized spacial score (nSPS) is 25.2. The van der Waals surface area contributed by atoms with Crippen LogP contribution in [0.1, 0.15) is 55.0 Å². The highest BCUT2D eigenvalue weighted by Crippen LogP contribution is 2.42. The van der Waals surface area contributed by atoms with Crippen molar-refractivity contribution in [1.82, 2.24) is 14.7 Å². The highest BCUT2D eigenvalue weighted by Gasteiger charge is 2.41. The van der Waals surface area contributed by atoms with Crippen LogP contribution in [-0.4, -0.2) is 39.8 Å². The standard InChI is InChI=1S/C23H32N6/c1-28-21(11-12-26-28)22-18(6-3-13-29(22)20-9-10-20)15-25-23(24)27-19-8-7-16-4-2-5-17(16)14-19/h7-8,11-12,14,18,20,22H,2-6,9-10,13,15H2,1H3,(H3,24,25,27)/t18-,22+/m0/s1. The van der Waals surface area contributed by atoms with Crippen LogP contribution in [0.5, 0.6) is 0 Å². The monoisotopic (exact) mass is 392 g/mol. The van der Waals surface area contributed by atoms with E-state index < -0.39 is 0 Å². The Morgan fingerprint density at radius 3 is 2.83 bits per heavy atom. The van der Waals surface area contributed by atoms with E-state index in [-0.39, 0.29) is 0 Å². The van der Waals surface area contributed by atoms with Crippen molar-refractivity contribution in [3.8, 4) is 0 Å². The number of hydrogen-bond donors (Lipinski definition) is 2. The van der Waals surface area contributed by atoms with Crippen molar-refractivity contribution < 1.29 is 0 Å². The molecule has 154 valence electrons. The molecule has 2 aliphatic carbocycles. The molecule has 6 nitrogen and oxygen atoms in total. The van der Waals surface area contributed by atoms with Crippen LogP contribution in [-0.2, 0) is 19.9 Å². The second kappa shape index (κ2) is 7.82. The lowest BCUT2D eigenvalue weighted by Gasteiger charge is -2.41. The topological polar surface area (TPSA) is 71.5 Å². The molecule has 0 amide bonds. The number of rotatable bonds is 5. The fourth-order valence-electron chi connectivity index (χ4n) is 5.25. The van der Waals surface area contributed by atoms with Crippen molar-refractivity contribution in [3.63, 3.8) is 0 Å². The Balaban J connectivity index is 1.30. The van der Waals surface area contributed by atoms with Gasteiger partial charge in [-0.05, 0) is 86.7 Å². The van der Waals surface area contributed by atoms with E-state index in [0.29, 0.717) is 17.9 Å². The number of likely N-dealkylation sites (tertiary alicyclic amines) is 1. The SMILES string of the molecule is Cn1nccc1[C@H]1[C@H](CN=C(N)Nc2ccc3c(c2)CCC3)CCCN1C1CC1. The van der Waals surface area contributed by atoms with E-state index >= 15 is 0 Å². The van der Waals surface area contributed by atoms with Crippen molar-refractivity contribution in [3.05, 3.63) is 47.3 Å². The van der Waals surface area contributed by atoms with E-state index in [1.165, 1.54) is 68.3 Å². The van der Waals surface area contributed by atoms with Crippen LogP contribution in [0, 0.1) is 5.92 Å². The van der Waals surface area contributed by atoms with E-state index in [4.69, 9.17) is 10.7 Å². The van der Waals surface area contributed by atoms with Gasteiger partial charge in [-0.1, -0.05) is 6.07 Å². The van der Waals surface area contributed by atoms with Gasteiger partial charge in [0.25, 0.3) is 0 Å². The van der Waals surface area contributed by atoms with Crippen LogP contribution in [0.15, 0.2) is 35.5 Å². The Labute approximate surface area is 173 Å². The number of aryl methyl sites for hydroxylation is 3. The van der Waals surface area contributed by atoms with Crippen LogP contribution >= 0.6 is 0 Å². The van der Waals surface area contributed by atoms with Gasteiger partial charge in [0.2, 0.25) is 0 Å². The highest BCUT2D eigenvalue weighted by atomic mass is 15.3. The zero-order chi connectivity index (χ0) is 19.8. The molecule has 1 aromatic heterocycles. The maximum absolute atomic E-state index is 6.28. The molecule has 5 rings (SSSR count). The summed E-state index contributed by atoms with van der Waals surface area (Å²) in [7, 11) is 2.05. The summed E-state index contributed by atoms with van der Waals surface area (Å²) in [6, 6.07) is 9.89. The second-order valence-electron chi connectivity index (χ2n) is 8.88. The Morgan fingerprint density at radius 1 is 1.17 bits per heavy atom. The smallest absolute Gasteiger partial charge is 0.193 e. The van der Waals surface area contributed by atoms with Crippen LogP contribution in [0.3, 0.4) is 0 Å². The summed E-state index contributed by atoms with van der Waals surface area (Å²) in [5, 5.41) is 7.75. The average molecular weight is 393 g/mol. The molecule has 3 aliphatic rings. The molecule has 6 heteroatoms. The molecule has 1 aromatic carbocycles. The maximum Gasteiger partial charge on any atom is 0.193 e. The molecule has 3 N–H and O–H groups in total. The molecular formula is C23H32N6. The predicted molar refractivity (Wildman–Crippen MR) is 117 cm³/mol. The fraction of sp³-hybridized carbons (Fsp3) is 0.565. The minimum Gasteiger partial charge on any atom is -0.370 e. The van der Waals surface area contributed by atoms with Crippen molar-refractivity contribution in [2.45, 2.75) is 57.0 Å². The number of aliphatic imine (C=N–C) groups is 1. The van der Waals surface area contributed by atoms with Gasteiger partial charge < -0.3 is 11.1 Å². The number of aromatic nitrogens is 2. The molecule has 2 atom stereocenters. The summed E-state index contributed by atoms with van der Waals surface area (Å²) < 4.78 is 2.04. The largest absolute Gasteiger partial charge is 0.370 e. The summed E-state index contributed by atoms with van der Waals surface area (Å²) in [6.07, 6.45) is 10.6. The van der Waals surface area contributed by atoms with E-state index in [1.807, 2.05) is 10.9 Å². The van der Waals surface area contributed by atoms with Gasteiger partial charge in [-0.25, -0.2) is 0 Å². The zero-order valence-corrected chi connectivity index (χ0v) is 17.3. The molecule has 2 heterocycles. The molecular weight excluding hydrogens is 360 g/mol. The summed E-state index contributed by atoms with van der Waals surface area (Å²) in [5.74, 6) is 0.996. The molecule has 29 heavy (non-hydrogen) atoms. The number of fused-ring (bicyclic) bond motifs is 1. The molecule has 2 fully saturated rings. The molecule has 1 saturated heterocycles. The Bertz CT molecular complexity index is 897. The van der Waals surface area contributed by atoms with Crippen molar-refractivity contribution >= 4 is 11.6 Å². The number of anilines is 1. The first kappa shape index (κ1) is 18.7. The minimum atomic E-state index is 0.389. The number of nitrogens with one attached hydrogen (secondary N) is 1. The molecule has 0 bridgehead atoms. The Hall–Kier alpha value is -2.34. The lowest BCUT2D eigenvalue weighted by molar-refractivity contribution is 0.0824. The van der Waals surface area contributed by atoms with Crippen LogP contribution in [0.4, 0.5) is 5.69 Å². The lowest BCUT2D eigenvalue weighted by Crippen LogP contribution is -2.42. The first-order valence-electron chi connectivity index (χ1n) is 11.1. The zero-order valence-electron chi connectivity index (χ0n) is 17.3. The third-order valence-corrected chi connectivity index (χ3v) is 6.84. The summed E-state index contributed by atoms with van der Waals surface area (Å²) in [4.78, 5) is 7.47. The quantitative estimate of drug-likeness (QED) is 0.605. The summed E-state index contributed by atoms with van der Waals surface area (Å²) in [6.45, 7) is 1.94. The van der Waals surface area contributed by atoms with Crippen LogP contribution in [0.25, 0.3) is 0 Å². The molecule has 0 spiro atoms. The van der Waals surface area contributed by atoms with Crippen molar-refractivity contribution in [2.24, 2.45) is 23.7 Å². The second-order valence-corrected chi connectivity index (χ2v) is 8.88. The number of piperidine rings is 1. The third kappa shape index (κ3) is 3.90. The Morgan fingerprint density at radius 2 is 2.03 bits per heavy atom. The number of nitrogens with zero attached hydrogens (tertiary/aromatic N) is 4. The van der Waals surface area contributed by atoms with Gasteiger partial charge in [-0.15, -0.1) is 0 Å². The van der Waals surface area contributed by atoms with Gasteiger partial charge in [0.05, 0.1) is 11.7 Å². The molecule has 1 saturated carbocycles. The maximum atomic E-state index is 6.28. The predicted octanol–water partition coefficient (Wildman–Crippen LogP) is 3.25. The first-order valence-corrected chi connectivity index (χ1v) is 11.1. The van der Waals surface area contributed by atoms with E-state index in [9.17, 15) is 0 Å². The molecule has 0 unspecified atom stereocenters. The van der Waals surface area contributed by atoms with E-state index in [2.05, 4.69) is 46.6 Å². The van der Waals surface area contributed by atoms with Gasteiger partial charge in [0.1, 0.15) is 0 Å². The summed E-state index contributed by atoms with van der Waals surface area (Å²) in [5.41, 5.74) is 11.6. The molecule has 2 aromatic rings. The van der Waals surface area contributed by atoms with Crippen molar-refractivity contribution in [2.75, 3.05) is 18.4 Å². The van der Waals surface area contributed by atoms with E-state index in [1.54, 1.807) is 0 Å². The van der Waals surface area contributed by atoms with E-state index in [0.717, 1.165) is 18.3 Å². The highest BCUT2D eigenvalue weighted by molar-refractivity contribution is 5.92. The number of hydrogen-bond acceptors (Lipinski definition) is 3. The number of guanidine groups is 1. The first-order chi connectivity index (χ1) is 14.2. The van der Waals surface area contributed by atoms with Gasteiger partial charge in [0.15, 0.2) is 5.96 Å². The Kier molecular flexibility index (Phi) is 5.04. The van der Waals surface area contributed by atoms with Gasteiger partial charge in [-0.2, -0.15) is 5.10 Å². The van der Waals surface area contributed by atoms with Gasteiger partial charge in [0, 0.05) is 31.5 Å². The van der Waals surface area contributed by atoms with Crippen LogP contribution in [0.2, 0.25) is 0 Å². The molecule has 0 radical (unpaired) electrons. The fourth-order valence-corrected chi connectivity index (χ4v) is 5.25. The van der Waals surface area contributed by atoms with Crippen molar-refractivity contribution in [1.29, 1.82) is 0 Å². The average Bonchev–Trinajstić information content (AvgIpc) is 3.32. The number of nitrogens with two attached hydrogens (primary N) is 1. The third-order valence-electron chi connectivity index (χ3n) is 6.84. The minimum absolute atomic E-state index is 0.389. The van der Waals surface area contributed by atoms with Gasteiger partial charge >= 0.3 is 0 Å².